The average Bonchev–Trinajstić information content (AvgIpc) is 2.87. The number of benzene rings is 2. The zero-order chi connectivity index (χ0) is 19.6. The normalized spacial score (nSPS) is 15.2. The van der Waals surface area contributed by atoms with Crippen molar-refractivity contribution in [1.29, 1.82) is 0 Å². The number of nitrogens with zero attached hydrogens (tertiary/aromatic N) is 1. The van der Waals surface area contributed by atoms with Crippen LogP contribution in [0.15, 0.2) is 48.2 Å². The number of halogens is 2. The monoisotopic (exact) mass is 403 g/mol. The third kappa shape index (κ3) is 4.48. The van der Waals surface area contributed by atoms with E-state index in [2.05, 4.69) is 10.6 Å². The molecule has 138 valence electrons. The first-order valence-corrected chi connectivity index (χ1v) is 8.75. The minimum Gasteiger partial charge on any atom is -0.325 e. The minimum atomic E-state index is -0.671. The Morgan fingerprint density at radius 2 is 1.85 bits per heavy atom. The zero-order valence-corrected chi connectivity index (χ0v) is 15.8. The molecule has 2 aromatic carbocycles. The molecular formula is C19H15Cl2N3O3. The Bertz CT molecular complexity index is 955. The lowest BCUT2D eigenvalue weighted by Gasteiger charge is -2.12. The Morgan fingerprint density at radius 3 is 2.52 bits per heavy atom. The van der Waals surface area contributed by atoms with Gasteiger partial charge in [0.15, 0.2) is 0 Å². The summed E-state index contributed by atoms with van der Waals surface area (Å²) in [4.78, 5) is 37.5. The SMILES string of the molecule is Cc1ccc(NC(=O)CN2C(=O)N/C(=C/c3ccc(Cl)cc3Cl)C2=O)cc1. The second-order valence-electron chi connectivity index (χ2n) is 5.96. The van der Waals surface area contributed by atoms with Crippen LogP contribution in [0.3, 0.4) is 0 Å². The predicted octanol–water partition coefficient (Wildman–Crippen LogP) is 3.83. The number of hydrogen-bond donors (Lipinski definition) is 2. The van der Waals surface area contributed by atoms with E-state index in [4.69, 9.17) is 23.2 Å². The quantitative estimate of drug-likeness (QED) is 0.601. The number of hydrogen-bond acceptors (Lipinski definition) is 3. The van der Waals surface area contributed by atoms with E-state index in [1.165, 1.54) is 12.1 Å². The molecule has 0 aromatic heterocycles. The molecule has 0 unspecified atom stereocenters. The number of urea groups is 1. The molecule has 4 amide bonds. The third-order valence-corrected chi connectivity index (χ3v) is 4.42. The van der Waals surface area contributed by atoms with Crippen LogP contribution in [-0.4, -0.2) is 29.3 Å². The van der Waals surface area contributed by atoms with Gasteiger partial charge in [0.2, 0.25) is 5.91 Å². The van der Waals surface area contributed by atoms with E-state index in [0.29, 0.717) is 21.3 Å². The van der Waals surface area contributed by atoms with Crippen LogP contribution in [0, 0.1) is 6.92 Å². The largest absolute Gasteiger partial charge is 0.329 e. The molecule has 1 aliphatic rings. The molecule has 0 atom stereocenters. The number of anilines is 1. The molecule has 6 nitrogen and oxygen atoms in total. The van der Waals surface area contributed by atoms with E-state index in [0.717, 1.165) is 10.5 Å². The van der Waals surface area contributed by atoms with Crippen LogP contribution in [0.25, 0.3) is 6.08 Å². The first-order chi connectivity index (χ1) is 12.8. The van der Waals surface area contributed by atoms with Crippen molar-refractivity contribution in [3.8, 4) is 0 Å². The number of aryl methyl sites for hydroxylation is 1. The summed E-state index contributed by atoms with van der Waals surface area (Å²) in [5, 5.41) is 5.89. The van der Waals surface area contributed by atoms with Crippen molar-refractivity contribution in [2.75, 3.05) is 11.9 Å². The highest BCUT2D eigenvalue weighted by molar-refractivity contribution is 6.35. The molecule has 0 spiro atoms. The lowest BCUT2D eigenvalue weighted by Crippen LogP contribution is -2.38. The highest BCUT2D eigenvalue weighted by atomic mass is 35.5. The standard InChI is InChI=1S/C19H15Cl2N3O3/c1-11-2-6-14(7-3-11)22-17(25)10-24-18(26)16(23-19(24)27)8-12-4-5-13(20)9-15(12)21/h2-9H,10H2,1H3,(H,22,25)(H,23,27)/b16-8+. The highest BCUT2D eigenvalue weighted by Crippen LogP contribution is 2.24. The second-order valence-corrected chi connectivity index (χ2v) is 6.80. The molecule has 2 N–H and O–H groups in total. The summed E-state index contributed by atoms with van der Waals surface area (Å²) in [6.45, 7) is 1.53. The van der Waals surface area contributed by atoms with Gasteiger partial charge in [0.05, 0.1) is 0 Å². The van der Waals surface area contributed by atoms with Crippen LogP contribution < -0.4 is 10.6 Å². The summed E-state index contributed by atoms with van der Waals surface area (Å²) in [6, 6.07) is 11.3. The maximum atomic E-state index is 12.5. The first-order valence-electron chi connectivity index (χ1n) is 7.99. The van der Waals surface area contributed by atoms with Gasteiger partial charge in [0, 0.05) is 15.7 Å². The van der Waals surface area contributed by atoms with Crippen LogP contribution >= 0.6 is 23.2 Å². The fourth-order valence-electron chi connectivity index (χ4n) is 2.47. The molecule has 8 heteroatoms. The maximum Gasteiger partial charge on any atom is 0.329 e. The summed E-state index contributed by atoms with van der Waals surface area (Å²) in [5.41, 5.74) is 2.20. The Morgan fingerprint density at radius 1 is 1.15 bits per heavy atom. The number of rotatable bonds is 4. The minimum absolute atomic E-state index is 0.0346. The lowest BCUT2D eigenvalue weighted by atomic mass is 10.2. The van der Waals surface area contributed by atoms with Crippen LogP contribution in [0.5, 0.6) is 0 Å². The van der Waals surface area contributed by atoms with Crippen molar-refractivity contribution in [3.05, 3.63) is 69.3 Å². The van der Waals surface area contributed by atoms with Crippen LogP contribution in [-0.2, 0) is 9.59 Å². The van der Waals surface area contributed by atoms with E-state index in [1.807, 2.05) is 19.1 Å². The molecular weight excluding hydrogens is 389 g/mol. The molecule has 2 aromatic rings. The molecule has 0 bridgehead atoms. The maximum absolute atomic E-state index is 12.5. The van der Waals surface area contributed by atoms with Gasteiger partial charge in [-0.2, -0.15) is 0 Å². The molecule has 0 saturated carbocycles. The summed E-state index contributed by atoms with van der Waals surface area (Å²) >= 11 is 11.9. The van der Waals surface area contributed by atoms with Gasteiger partial charge in [0.1, 0.15) is 12.2 Å². The van der Waals surface area contributed by atoms with Crippen molar-refractivity contribution < 1.29 is 14.4 Å². The molecule has 1 heterocycles. The van der Waals surface area contributed by atoms with E-state index < -0.39 is 24.4 Å². The third-order valence-electron chi connectivity index (χ3n) is 3.86. The fourth-order valence-corrected chi connectivity index (χ4v) is 2.93. The van der Waals surface area contributed by atoms with Crippen molar-refractivity contribution in [2.45, 2.75) is 6.92 Å². The Balaban J connectivity index is 1.71. The molecule has 0 aliphatic carbocycles. The molecule has 0 radical (unpaired) electrons. The van der Waals surface area contributed by atoms with E-state index in [-0.39, 0.29) is 5.70 Å². The van der Waals surface area contributed by atoms with E-state index in [1.54, 1.807) is 24.3 Å². The summed E-state index contributed by atoms with van der Waals surface area (Å²) in [6.07, 6.45) is 1.44. The Hall–Kier alpha value is -2.83. The number of amides is 4. The van der Waals surface area contributed by atoms with Gasteiger partial charge in [-0.25, -0.2) is 9.69 Å². The van der Waals surface area contributed by atoms with Crippen LogP contribution in [0.2, 0.25) is 10.0 Å². The Labute approximate surface area is 165 Å². The van der Waals surface area contributed by atoms with Gasteiger partial charge in [-0.05, 0) is 42.8 Å². The summed E-state index contributed by atoms with van der Waals surface area (Å²) in [7, 11) is 0. The van der Waals surface area contributed by atoms with Gasteiger partial charge in [0.25, 0.3) is 5.91 Å². The smallest absolute Gasteiger partial charge is 0.325 e. The predicted molar refractivity (Wildman–Crippen MR) is 104 cm³/mol. The molecule has 1 aliphatic heterocycles. The first kappa shape index (κ1) is 18.9. The van der Waals surface area contributed by atoms with Gasteiger partial charge in [-0.15, -0.1) is 0 Å². The van der Waals surface area contributed by atoms with Crippen molar-refractivity contribution in [1.82, 2.24) is 10.2 Å². The van der Waals surface area contributed by atoms with Gasteiger partial charge in [-0.1, -0.05) is 47.0 Å². The van der Waals surface area contributed by atoms with Gasteiger partial charge >= 0.3 is 6.03 Å². The number of carbonyl (C=O) groups is 3. The highest BCUT2D eigenvalue weighted by Gasteiger charge is 2.35. The van der Waals surface area contributed by atoms with Crippen molar-refractivity contribution >= 4 is 52.8 Å². The molecule has 27 heavy (non-hydrogen) atoms. The van der Waals surface area contributed by atoms with Gasteiger partial charge in [-0.3, -0.25) is 9.59 Å². The van der Waals surface area contributed by atoms with Crippen LogP contribution in [0.1, 0.15) is 11.1 Å². The summed E-state index contributed by atoms with van der Waals surface area (Å²) < 4.78 is 0. The summed E-state index contributed by atoms with van der Waals surface area (Å²) in [5.74, 6) is -1.08. The van der Waals surface area contributed by atoms with E-state index >= 15 is 0 Å². The number of imide groups is 1. The van der Waals surface area contributed by atoms with Gasteiger partial charge < -0.3 is 10.6 Å². The average molecular weight is 404 g/mol. The lowest BCUT2D eigenvalue weighted by molar-refractivity contribution is -0.127. The number of carbonyl (C=O) groups excluding carboxylic acids is 3. The molecule has 3 rings (SSSR count). The molecule has 1 saturated heterocycles. The van der Waals surface area contributed by atoms with E-state index in [9.17, 15) is 14.4 Å². The second kappa shape index (κ2) is 7.82. The topological polar surface area (TPSA) is 78.5 Å². The van der Waals surface area contributed by atoms with Crippen LogP contribution in [0.4, 0.5) is 10.5 Å². The Kier molecular flexibility index (Phi) is 5.48. The van der Waals surface area contributed by atoms with Crippen molar-refractivity contribution in [2.24, 2.45) is 0 Å². The van der Waals surface area contributed by atoms with Crippen molar-refractivity contribution in [3.63, 3.8) is 0 Å². The zero-order valence-electron chi connectivity index (χ0n) is 14.3. The molecule has 1 fully saturated rings. The fraction of sp³-hybridized carbons (Fsp3) is 0.105. The number of nitrogens with one attached hydrogen (secondary N) is 2.